The summed E-state index contributed by atoms with van der Waals surface area (Å²) in [4.78, 5) is 10.6. The van der Waals surface area contributed by atoms with Crippen LogP contribution < -0.4 is 0 Å². The number of rotatable bonds is 3. The van der Waals surface area contributed by atoms with Crippen molar-refractivity contribution < 1.29 is 9.53 Å². The van der Waals surface area contributed by atoms with Crippen LogP contribution in [0.3, 0.4) is 0 Å². The van der Waals surface area contributed by atoms with Crippen molar-refractivity contribution in [1.29, 1.82) is 0 Å². The summed E-state index contributed by atoms with van der Waals surface area (Å²) in [5.74, 6) is -0.236. The molecule has 0 N–H and O–H groups in total. The number of esters is 1. The molecule has 0 aliphatic rings. The van der Waals surface area contributed by atoms with Gasteiger partial charge < -0.3 is 9.30 Å². The molecule has 0 fully saturated rings. The van der Waals surface area contributed by atoms with Crippen molar-refractivity contribution in [2.24, 2.45) is 0 Å². The molecule has 0 amide bonds. The van der Waals surface area contributed by atoms with Crippen LogP contribution in [0.25, 0.3) is 10.9 Å². The normalized spacial score (nSPS) is 10.5. The number of hydrogen-bond acceptors (Lipinski definition) is 2. The van der Waals surface area contributed by atoms with Gasteiger partial charge in [0, 0.05) is 24.0 Å². The van der Waals surface area contributed by atoms with Crippen LogP contribution in [0.5, 0.6) is 0 Å². The van der Waals surface area contributed by atoms with Crippen LogP contribution in [0, 0.1) is 6.07 Å². The number of aromatic nitrogens is 1. The van der Waals surface area contributed by atoms with Gasteiger partial charge in [0.2, 0.25) is 0 Å². The molecular weight excluding hydrogens is 190 g/mol. The van der Waals surface area contributed by atoms with E-state index in [2.05, 4.69) is 10.6 Å². The van der Waals surface area contributed by atoms with Gasteiger partial charge in [-0.2, -0.15) is 0 Å². The van der Waals surface area contributed by atoms with Crippen molar-refractivity contribution in [3.05, 3.63) is 36.5 Å². The molecule has 0 aliphatic heterocycles. The second-order valence-electron chi connectivity index (χ2n) is 3.33. The summed E-state index contributed by atoms with van der Waals surface area (Å²) in [6.07, 6.45) is 1.99. The predicted molar refractivity (Wildman–Crippen MR) is 57.4 cm³/mol. The van der Waals surface area contributed by atoms with Crippen LogP contribution in [-0.4, -0.2) is 17.1 Å². The second-order valence-corrected chi connectivity index (χ2v) is 3.33. The molecule has 0 saturated carbocycles. The third-order valence-electron chi connectivity index (χ3n) is 2.25. The van der Waals surface area contributed by atoms with Crippen molar-refractivity contribution in [2.75, 3.05) is 6.61 Å². The minimum Gasteiger partial charge on any atom is -0.464 e. The third kappa shape index (κ3) is 2.18. The zero-order valence-electron chi connectivity index (χ0n) is 8.56. The van der Waals surface area contributed by atoms with Gasteiger partial charge in [-0.3, -0.25) is 4.79 Å². The van der Waals surface area contributed by atoms with Gasteiger partial charge in [-0.25, -0.2) is 0 Å². The number of nitrogens with zero attached hydrogens (tertiary/aromatic N) is 1. The summed E-state index contributed by atoms with van der Waals surface area (Å²) < 4.78 is 6.96. The fourth-order valence-electron chi connectivity index (χ4n) is 1.56. The Morgan fingerprint density at radius 1 is 1.53 bits per heavy atom. The van der Waals surface area contributed by atoms with Crippen molar-refractivity contribution in [1.82, 2.24) is 4.57 Å². The van der Waals surface area contributed by atoms with Crippen LogP contribution in [-0.2, 0) is 16.1 Å². The lowest BCUT2D eigenvalue weighted by Crippen LogP contribution is -2.07. The van der Waals surface area contributed by atoms with Gasteiger partial charge in [0.05, 0.1) is 6.54 Å². The molecule has 0 bridgehead atoms. The molecule has 2 aromatic rings. The van der Waals surface area contributed by atoms with Crippen molar-refractivity contribution in [3.63, 3.8) is 0 Å². The number of ether oxygens (including phenoxy) is 1. The molecular formula is C12H12NO2. The van der Waals surface area contributed by atoms with E-state index in [1.54, 1.807) is 0 Å². The monoisotopic (exact) mass is 202 g/mol. The molecule has 3 nitrogen and oxygen atoms in total. The summed E-state index contributed by atoms with van der Waals surface area (Å²) in [6.45, 7) is 2.52. The number of benzene rings is 1. The van der Waals surface area contributed by atoms with Gasteiger partial charge in [0.25, 0.3) is 0 Å². The molecule has 15 heavy (non-hydrogen) atoms. The largest absolute Gasteiger partial charge is 0.464 e. The van der Waals surface area contributed by atoms with E-state index in [0.29, 0.717) is 13.2 Å². The summed E-state index contributed by atoms with van der Waals surface area (Å²) in [6, 6.07) is 10.9. The maximum Gasteiger partial charge on any atom is 0.302 e. The Labute approximate surface area is 88.3 Å². The smallest absolute Gasteiger partial charge is 0.302 e. The molecule has 3 heteroatoms. The van der Waals surface area contributed by atoms with Crippen LogP contribution in [0.2, 0.25) is 0 Å². The molecule has 1 heterocycles. The summed E-state index contributed by atoms with van der Waals surface area (Å²) in [5.41, 5.74) is 1.14. The summed E-state index contributed by atoms with van der Waals surface area (Å²) >= 11 is 0. The quantitative estimate of drug-likeness (QED) is 0.713. The molecule has 1 radical (unpaired) electrons. The molecule has 0 unspecified atom stereocenters. The lowest BCUT2D eigenvalue weighted by molar-refractivity contribution is -0.141. The zero-order valence-corrected chi connectivity index (χ0v) is 8.56. The predicted octanol–water partition coefficient (Wildman–Crippen LogP) is 2.00. The standard InChI is InChI=1S/C12H12NO2/c1-10(14)15-9-8-13-7-6-11-4-2-3-5-12(11)13/h3-7H,8-9H2,1H3. The van der Waals surface area contributed by atoms with Gasteiger partial charge >= 0.3 is 5.97 Å². The fourth-order valence-corrected chi connectivity index (χ4v) is 1.56. The number of carbonyl (C=O) groups excluding carboxylic acids is 1. The first kappa shape index (κ1) is 9.77. The van der Waals surface area contributed by atoms with E-state index >= 15 is 0 Å². The van der Waals surface area contributed by atoms with Crippen molar-refractivity contribution in [2.45, 2.75) is 13.5 Å². The average molecular weight is 202 g/mol. The van der Waals surface area contributed by atoms with E-state index in [9.17, 15) is 4.79 Å². The highest BCUT2D eigenvalue weighted by atomic mass is 16.5. The highest BCUT2D eigenvalue weighted by molar-refractivity contribution is 5.79. The van der Waals surface area contributed by atoms with Gasteiger partial charge in [-0.05, 0) is 24.3 Å². The average Bonchev–Trinajstić information content (AvgIpc) is 2.62. The third-order valence-corrected chi connectivity index (χ3v) is 2.25. The molecule has 77 valence electrons. The highest BCUT2D eigenvalue weighted by Gasteiger charge is 2.00. The molecule has 0 saturated heterocycles. The van der Waals surface area contributed by atoms with E-state index in [1.165, 1.54) is 6.92 Å². The first-order chi connectivity index (χ1) is 7.27. The minimum absolute atomic E-state index is 0.236. The first-order valence-electron chi connectivity index (χ1n) is 4.85. The second kappa shape index (κ2) is 4.17. The number of fused-ring (bicyclic) bond motifs is 1. The van der Waals surface area contributed by atoms with Crippen LogP contribution in [0.4, 0.5) is 0 Å². The van der Waals surface area contributed by atoms with Crippen molar-refractivity contribution in [3.8, 4) is 0 Å². The van der Waals surface area contributed by atoms with E-state index in [1.807, 2.05) is 30.5 Å². The van der Waals surface area contributed by atoms with E-state index in [-0.39, 0.29) is 5.97 Å². The van der Waals surface area contributed by atoms with Gasteiger partial charge in [-0.15, -0.1) is 0 Å². The Morgan fingerprint density at radius 2 is 2.40 bits per heavy atom. The Morgan fingerprint density at radius 3 is 3.20 bits per heavy atom. The molecule has 1 aromatic carbocycles. The number of carbonyl (C=O) groups is 1. The molecule has 0 spiro atoms. The van der Waals surface area contributed by atoms with E-state index < -0.39 is 0 Å². The minimum atomic E-state index is -0.236. The van der Waals surface area contributed by atoms with E-state index in [0.717, 1.165) is 10.9 Å². The number of hydrogen-bond donors (Lipinski definition) is 0. The first-order valence-corrected chi connectivity index (χ1v) is 4.85. The Bertz CT molecular complexity index is 473. The van der Waals surface area contributed by atoms with Crippen LogP contribution in [0.1, 0.15) is 6.92 Å². The van der Waals surface area contributed by atoms with Gasteiger partial charge in [0.15, 0.2) is 0 Å². The molecule has 0 aliphatic carbocycles. The summed E-state index contributed by atoms with van der Waals surface area (Å²) in [5, 5.41) is 1.15. The Balaban J connectivity index is 2.11. The molecule has 2 rings (SSSR count). The Kier molecular flexibility index (Phi) is 2.72. The maximum absolute atomic E-state index is 10.6. The van der Waals surface area contributed by atoms with Crippen molar-refractivity contribution >= 4 is 16.9 Å². The summed E-state index contributed by atoms with van der Waals surface area (Å²) in [7, 11) is 0. The maximum atomic E-state index is 10.6. The van der Waals surface area contributed by atoms with Crippen LogP contribution in [0.15, 0.2) is 30.5 Å². The van der Waals surface area contributed by atoms with Gasteiger partial charge in [0.1, 0.15) is 6.61 Å². The molecule has 0 atom stereocenters. The topological polar surface area (TPSA) is 31.2 Å². The lowest BCUT2D eigenvalue weighted by atomic mass is 10.2. The highest BCUT2D eigenvalue weighted by Crippen LogP contribution is 2.14. The SMILES string of the molecule is CC(=O)OCCn1ccc2c[c]ccc21. The van der Waals surface area contributed by atoms with Crippen LogP contribution >= 0.6 is 0 Å². The van der Waals surface area contributed by atoms with Gasteiger partial charge in [-0.1, -0.05) is 6.07 Å². The van der Waals surface area contributed by atoms with E-state index in [4.69, 9.17) is 4.74 Å². The fraction of sp³-hybridized carbons (Fsp3) is 0.250. The molecule has 1 aromatic heterocycles. The Hall–Kier alpha value is -1.77. The lowest BCUT2D eigenvalue weighted by Gasteiger charge is -2.05. The zero-order chi connectivity index (χ0) is 10.7.